The minimum absolute atomic E-state index is 0.173. The summed E-state index contributed by atoms with van der Waals surface area (Å²) in [5.41, 5.74) is 2.42. The number of H-pyrrole nitrogens is 1. The van der Waals surface area contributed by atoms with Gasteiger partial charge in [0.15, 0.2) is 0 Å². The molecule has 4 heteroatoms. The predicted molar refractivity (Wildman–Crippen MR) is 76.0 cm³/mol. The Kier molecular flexibility index (Phi) is 3.51. The van der Waals surface area contributed by atoms with Crippen LogP contribution in [-0.4, -0.2) is 30.5 Å². The first-order valence-electron chi connectivity index (χ1n) is 6.85. The van der Waals surface area contributed by atoms with E-state index >= 15 is 0 Å². The van der Waals surface area contributed by atoms with Crippen molar-refractivity contribution in [3.8, 4) is 0 Å². The Labute approximate surface area is 112 Å². The SMILES string of the molecule is O=C(CC1CNC1)NCCc1c[nH]c2ccccc12. The maximum Gasteiger partial charge on any atom is 0.220 e. The van der Waals surface area contributed by atoms with Crippen LogP contribution in [0.4, 0.5) is 0 Å². The van der Waals surface area contributed by atoms with Crippen LogP contribution in [0.1, 0.15) is 12.0 Å². The molecule has 0 unspecified atom stereocenters. The highest BCUT2D eigenvalue weighted by molar-refractivity contribution is 5.83. The standard InChI is InChI=1S/C15H19N3O/c19-15(7-11-8-16-9-11)17-6-5-12-10-18-14-4-2-1-3-13(12)14/h1-4,10-11,16,18H,5-9H2,(H,17,19). The maximum absolute atomic E-state index is 11.7. The molecule has 0 aliphatic carbocycles. The predicted octanol–water partition coefficient (Wildman–Crippen LogP) is 1.44. The van der Waals surface area contributed by atoms with Gasteiger partial charge in [0.2, 0.25) is 5.91 Å². The summed E-state index contributed by atoms with van der Waals surface area (Å²) in [5, 5.41) is 7.44. The number of benzene rings is 1. The van der Waals surface area contributed by atoms with Crippen LogP contribution in [0.15, 0.2) is 30.5 Å². The topological polar surface area (TPSA) is 56.9 Å². The summed E-state index contributed by atoms with van der Waals surface area (Å²) < 4.78 is 0. The summed E-state index contributed by atoms with van der Waals surface area (Å²) in [6.07, 6.45) is 3.56. The average molecular weight is 257 g/mol. The average Bonchev–Trinajstić information content (AvgIpc) is 2.78. The van der Waals surface area contributed by atoms with E-state index in [1.54, 1.807) is 0 Å². The Bertz CT molecular complexity index is 572. The third-order valence-corrected chi connectivity index (χ3v) is 3.73. The second kappa shape index (κ2) is 5.45. The molecule has 100 valence electrons. The third kappa shape index (κ3) is 2.79. The molecule has 1 aliphatic heterocycles. The van der Waals surface area contributed by atoms with Gasteiger partial charge in [0.1, 0.15) is 0 Å². The van der Waals surface area contributed by atoms with Crippen LogP contribution >= 0.6 is 0 Å². The molecule has 1 aromatic heterocycles. The zero-order valence-corrected chi connectivity index (χ0v) is 10.9. The molecular weight excluding hydrogens is 238 g/mol. The highest BCUT2D eigenvalue weighted by Gasteiger charge is 2.19. The molecule has 1 saturated heterocycles. The first-order chi connectivity index (χ1) is 9.33. The first-order valence-corrected chi connectivity index (χ1v) is 6.85. The number of hydrogen-bond acceptors (Lipinski definition) is 2. The first kappa shape index (κ1) is 12.2. The highest BCUT2D eigenvalue weighted by atomic mass is 16.1. The molecule has 0 saturated carbocycles. The number of aromatic nitrogens is 1. The molecule has 1 amide bonds. The van der Waals surface area contributed by atoms with Gasteiger partial charge < -0.3 is 15.6 Å². The van der Waals surface area contributed by atoms with Crippen molar-refractivity contribution in [3.05, 3.63) is 36.0 Å². The van der Waals surface area contributed by atoms with Crippen LogP contribution in [-0.2, 0) is 11.2 Å². The molecular formula is C15H19N3O. The second-order valence-corrected chi connectivity index (χ2v) is 5.19. The van der Waals surface area contributed by atoms with Crippen LogP contribution in [0, 0.1) is 5.92 Å². The molecule has 3 N–H and O–H groups in total. The molecule has 1 fully saturated rings. The van der Waals surface area contributed by atoms with Gasteiger partial charge in [0.05, 0.1) is 0 Å². The summed E-state index contributed by atoms with van der Waals surface area (Å²) in [5.74, 6) is 0.708. The fourth-order valence-electron chi connectivity index (χ4n) is 2.50. The fourth-order valence-corrected chi connectivity index (χ4v) is 2.50. The number of fused-ring (bicyclic) bond motifs is 1. The normalized spacial score (nSPS) is 15.4. The number of hydrogen-bond donors (Lipinski definition) is 3. The lowest BCUT2D eigenvalue weighted by Gasteiger charge is -2.26. The van der Waals surface area contributed by atoms with Crippen molar-refractivity contribution in [2.45, 2.75) is 12.8 Å². The Morgan fingerprint density at radius 2 is 2.16 bits per heavy atom. The number of para-hydroxylation sites is 1. The van der Waals surface area contributed by atoms with E-state index in [-0.39, 0.29) is 5.91 Å². The van der Waals surface area contributed by atoms with Crippen molar-refractivity contribution in [2.75, 3.05) is 19.6 Å². The van der Waals surface area contributed by atoms with Crippen LogP contribution in [0.3, 0.4) is 0 Å². The molecule has 4 nitrogen and oxygen atoms in total. The minimum atomic E-state index is 0.173. The molecule has 3 rings (SSSR count). The molecule has 0 radical (unpaired) electrons. The monoisotopic (exact) mass is 257 g/mol. The van der Waals surface area contributed by atoms with Gasteiger partial charge in [-0.05, 0) is 37.1 Å². The van der Waals surface area contributed by atoms with E-state index in [1.165, 1.54) is 10.9 Å². The second-order valence-electron chi connectivity index (χ2n) is 5.19. The molecule has 1 aromatic carbocycles. The number of rotatable bonds is 5. The number of amides is 1. The van der Waals surface area contributed by atoms with E-state index in [9.17, 15) is 4.79 Å². The Balaban J connectivity index is 1.50. The Morgan fingerprint density at radius 3 is 2.95 bits per heavy atom. The molecule has 2 aromatic rings. The van der Waals surface area contributed by atoms with Gasteiger partial charge in [-0.3, -0.25) is 4.79 Å². The van der Waals surface area contributed by atoms with Crippen molar-refractivity contribution in [3.63, 3.8) is 0 Å². The van der Waals surface area contributed by atoms with Gasteiger partial charge >= 0.3 is 0 Å². The van der Waals surface area contributed by atoms with Crippen LogP contribution < -0.4 is 10.6 Å². The van der Waals surface area contributed by atoms with Crippen molar-refractivity contribution < 1.29 is 4.79 Å². The zero-order chi connectivity index (χ0) is 13.1. The van der Waals surface area contributed by atoms with Crippen LogP contribution in [0.25, 0.3) is 10.9 Å². The van der Waals surface area contributed by atoms with Gasteiger partial charge in [-0.2, -0.15) is 0 Å². The Hall–Kier alpha value is -1.81. The van der Waals surface area contributed by atoms with Gasteiger partial charge in [-0.1, -0.05) is 18.2 Å². The van der Waals surface area contributed by atoms with E-state index in [4.69, 9.17) is 0 Å². The quantitative estimate of drug-likeness (QED) is 0.759. The minimum Gasteiger partial charge on any atom is -0.361 e. The number of nitrogens with one attached hydrogen (secondary N) is 3. The number of aromatic amines is 1. The summed E-state index contributed by atoms with van der Waals surface area (Å²) in [6.45, 7) is 2.67. The summed E-state index contributed by atoms with van der Waals surface area (Å²) in [4.78, 5) is 14.9. The van der Waals surface area contributed by atoms with Gasteiger partial charge in [-0.25, -0.2) is 0 Å². The van der Waals surface area contributed by atoms with Crippen LogP contribution in [0.5, 0.6) is 0 Å². The largest absolute Gasteiger partial charge is 0.361 e. The molecule has 0 atom stereocenters. The third-order valence-electron chi connectivity index (χ3n) is 3.73. The Morgan fingerprint density at radius 1 is 1.32 bits per heavy atom. The van der Waals surface area contributed by atoms with E-state index in [2.05, 4.69) is 27.8 Å². The highest BCUT2D eigenvalue weighted by Crippen LogP contribution is 2.17. The summed E-state index contributed by atoms with van der Waals surface area (Å²) in [7, 11) is 0. The van der Waals surface area contributed by atoms with Crippen molar-refractivity contribution in [1.29, 1.82) is 0 Å². The van der Waals surface area contributed by atoms with E-state index in [0.717, 1.165) is 25.0 Å². The summed E-state index contributed by atoms with van der Waals surface area (Å²) in [6, 6.07) is 8.25. The van der Waals surface area contributed by atoms with E-state index in [1.807, 2.05) is 18.3 Å². The van der Waals surface area contributed by atoms with Gasteiger partial charge in [-0.15, -0.1) is 0 Å². The van der Waals surface area contributed by atoms with Gasteiger partial charge in [0, 0.05) is 30.1 Å². The van der Waals surface area contributed by atoms with Crippen molar-refractivity contribution in [2.24, 2.45) is 5.92 Å². The molecule has 1 aliphatic rings. The lowest BCUT2D eigenvalue weighted by Crippen LogP contribution is -2.44. The maximum atomic E-state index is 11.7. The van der Waals surface area contributed by atoms with Crippen LogP contribution in [0.2, 0.25) is 0 Å². The molecule has 19 heavy (non-hydrogen) atoms. The molecule has 2 heterocycles. The van der Waals surface area contributed by atoms with E-state index in [0.29, 0.717) is 18.9 Å². The van der Waals surface area contributed by atoms with E-state index < -0.39 is 0 Å². The zero-order valence-electron chi connectivity index (χ0n) is 10.9. The van der Waals surface area contributed by atoms with Crippen molar-refractivity contribution in [1.82, 2.24) is 15.6 Å². The molecule has 0 spiro atoms. The fraction of sp³-hybridized carbons (Fsp3) is 0.400. The molecule has 0 bridgehead atoms. The lowest BCUT2D eigenvalue weighted by atomic mass is 9.99. The number of carbonyl (C=O) groups is 1. The van der Waals surface area contributed by atoms with Gasteiger partial charge in [0.25, 0.3) is 0 Å². The smallest absolute Gasteiger partial charge is 0.220 e. The summed E-state index contributed by atoms with van der Waals surface area (Å²) >= 11 is 0. The van der Waals surface area contributed by atoms with Crippen molar-refractivity contribution >= 4 is 16.8 Å². The lowest BCUT2D eigenvalue weighted by molar-refractivity contribution is -0.122. The number of carbonyl (C=O) groups excluding carboxylic acids is 1.